The zero-order valence-corrected chi connectivity index (χ0v) is 16.8. The largest absolute Gasteiger partial charge is 0.465 e. The van der Waals surface area contributed by atoms with Crippen LogP contribution in [-0.4, -0.2) is 58.5 Å². The monoisotopic (exact) mass is 431 g/mol. The van der Waals surface area contributed by atoms with Gasteiger partial charge in [0, 0.05) is 43.6 Å². The molecule has 1 aliphatic heterocycles. The van der Waals surface area contributed by atoms with Gasteiger partial charge in [0.25, 0.3) is 11.8 Å². The van der Waals surface area contributed by atoms with Crippen molar-refractivity contribution in [1.82, 2.24) is 5.06 Å². The van der Waals surface area contributed by atoms with Crippen molar-refractivity contribution in [2.45, 2.75) is 44.9 Å². The van der Waals surface area contributed by atoms with Crippen molar-refractivity contribution in [2.75, 3.05) is 18.1 Å². The molecule has 2 amide bonds. The van der Waals surface area contributed by atoms with Gasteiger partial charge in [0.05, 0.1) is 18.8 Å². The van der Waals surface area contributed by atoms with Gasteiger partial charge in [-0.3, -0.25) is 24.0 Å². The van der Waals surface area contributed by atoms with Crippen molar-refractivity contribution >= 4 is 56.9 Å². The van der Waals surface area contributed by atoms with Crippen LogP contribution in [0, 0.1) is 5.92 Å². The smallest absolute Gasteiger partial charge is 0.334 e. The van der Waals surface area contributed by atoms with Gasteiger partial charge in [-0.2, -0.15) is 0 Å². The molecule has 2 rings (SSSR count). The summed E-state index contributed by atoms with van der Waals surface area (Å²) in [6.07, 6.45) is 0.910. The summed E-state index contributed by atoms with van der Waals surface area (Å²) in [4.78, 5) is 73.7. The van der Waals surface area contributed by atoms with Crippen LogP contribution in [0.5, 0.6) is 0 Å². The van der Waals surface area contributed by atoms with Crippen LogP contribution >= 0.6 is 21.6 Å². The Morgan fingerprint density at radius 1 is 0.893 bits per heavy atom. The van der Waals surface area contributed by atoms with Gasteiger partial charge in [0.1, 0.15) is 18.2 Å². The average Bonchev–Trinajstić information content (AvgIpc) is 2.97. The minimum absolute atomic E-state index is 0.0181. The first kappa shape index (κ1) is 22.4. The minimum Gasteiger partial charge on any atom is -0.465 e. The van der Waals surface area contributed by atoms with E-state index in [4.69, 9.17) is 9.57 Å². The number of esters is 1. The zero-order chi connectivity index (χ0) is 20.5. The molecule has 0 N–H and O–H groups in total. The third-order valence-electron chi connectivity index (χ3n) is 4.09. The zero-order valence-electron chi connectivity index (χ0n) is 15.2. The molecule has 0 aromatic carbocycles. The molecule has 0 radical (unpaired) electrons. The molecule has 2 fully saturated rings. The lowest BCUT2D eigenvalue weighted by atomic mass is 9.88. The highest BCUT2D eigenvalue weighted by Gasteiger charge is 2.32. The number of hydrogen-bond acceptors (Lipinski definition) is 10. The molecule has 154 valence electrons. The quantitative estimate of drug-likeness (QED) is 0.216. The Hall–Kier alpha value is -1.88. The van der Waals surface area contributed by atoms with Crippen LogP contribution in [-0.2, 0) is 38.3 Å². The van der Waals surface area contributed by atoms with Gasteiger partial charge >= 0.3 is 11.9 Å². The summed E-state index contributed by atoms with van der Waals surface area (Å²) in [5, 5.41) is 0.515. The third-order valence-corrected chi connectivity index (χ3v) is 6.49. The van der Waals surface area contributed by atoms with E-state index in [1.807, 2.05) is 0 Å². The summed E-state index contributed by atoms with van der Waals surface area (Å²) in [6.45, 7) is -0.0546. The van der Waals surface area contributed by atoms with Crippen molar-refractivity contribution < 1.29 is 38.3 Å². The first-order valence-corrected chi connectivity index (χ1v) is 11.4. The van der Waals surface area contributed by atoms with E-state index in [0.717, 1.165) is 0 Å². The molecule has 1 saturated heterocycles. The normalized spacial score (nSPS) is 19.9. The molecular formula is C17H21NO8S2. The Labute approximate surface area is 169 Å². The highest BCUT2D eigenvalue weighted by atomic mass is 33.1. The number of Topliss-reactive ketones (excluding diaryl/α,β-unsaturated/α-hetero) is 2. The lowest BCUT2D eigenvalue weighted by molar-refractivity contribution is -0.197. The van der Waals surface area contributed by atoms with E-state index in [9.17, 15) is 28.8 Å². The maximum absolute atomic E-state index is 11.7. The molecule has 1 aliphatic carbocycles. The fourth-order valence-electron chi connectivity index (χ4n) is 2.55. The molecule has 1 atom stereocenters. The van der Waals surface area contributed by atoms with Crippen molar-refractivity contribution in [1.29, 1.82) is 0 Å². The summed E-state index contributed by atoms with van der Waals surface area (Å²) in [6, 6.07) is 0. The maximum atomic E-state index is 11.7. The number of rotatable bonds is 10. The van der Waals surface area contributed by atoms with E-state index in [-0.39, 0.29) is 63.1 Å². The van der Waals surface area contributed by atoms with Gasteiger partial charge < -0.3 is 9.57 Å². The molecule has 0 bridgehead atoms. The van der Waals surface area contributed by atoms with Gasteiger partial charge in [-0.25, -0.2) is 4.79 Å². The molecule has 0 aromatic rings. The van der Waals surface area contributed by atoms with Crippen molar-refractivity contribution in [2.24, 2.45) is 5.92 Å². The SMILES string of the molecule is O=C1CCC(=O)C(COC(=O)CCSSCCC(=O)ON2C(=O)CCC2=O)C1. The van der Waals surface area contributed by atoms with Crippen LogP contribution in [0.25, 0.3) is 0 Å². The molecular weight excluding hydrogens is 410 g/mol. The molecule has 0 spiro atoms. The number of ether oxygens (including phenoxy) is 1. The lowest BCUT2D eigenvalue weighted by Gasteiger charge is -2.19. The number of ketones is 2. The van der Waals surface area contributed by atoms with Crippen LogP contribution in [0.2, 0.25) is 0 Å². The first-order chi connectivity index (χ1) is 13.4. The van der Waals surface area contributed by atoms with Gasteiger partial charge in [-0.05, 0) is 0 Å². The van der Waals surface area contributed by atoms with E-state index >= 15 is 0 Å². The maximum Gasteiger partial charge on any atom is 0.334 e. The number of nitrogens with zero attached hydrogens (tertiary/aromatic N) is 1. The van der Waals surface area contributed by atoms with Crippen molar-refractivity contribution in [3.8, 4) is 0 Å². The van der Waals surface area contributed by atoms with E-state index in [1.54, 1.807) is 0 Å². The predicted octanol–water partition coefficient (Wildman–Crippen LogP) is 1.24. The number of hydrogen-bond donors (Lipinski definition) is 0. The van der Waals surface area contributed by atoms with Crippen molar-refractivity contribution in [3.05, 3.63) is 0 Å². The molecule has 0 aromatic heterocycles. The van der Waals surface area contributed by atoms with E-state index in [0.29, 0.717) is 16.6 Å². The summed E-state index contributed by atoms with van der Waals surface area (Å²) >= 11 is 0. The number of hydroxylamine groups is 2. The van der Waals surface area contributed by atoms with Crippen LogP contribution < -0.4 is 0 Å². The number of carbonyl (C=O) groups excluding carboxylic acids is 6. The summed E-state index contributed by atoms with van der Waals surface area (Å²) in [5.41, 5.74) is 0. The van der Waals surface area contributed by atoms with E-state index in [1.165, 1.54) is 21.6 Å². The molecule has 1 saturated carbocycles. The highest BCUT2D eigenvalue weighted by molar-refractivity contribution is 8.76. The van der Waals surface area contributed by atoms with Crippen LogP contribution in [0.1, 0.15) is 44.9 Å². The van der Waals surface area contributed by atoms with E-state index < -0.39 is 29.7 Å². The molecule has 1 unspecified atom stereocenters. The fourth-order valence-corrected chi connectivity index (χ4v) is 4.49. The second kappa shape index (κ2) is 11.2. The Morgan fingerprint density at radius 3 is 2.14 bits per heavy atom. The lowest BCUT2D eigenvalue weighted by Crippen LogP contribution is -2.32. The Morgan fingerprint density at radius 2 is 1.50 bits per heavy atom. The van der Waals surface area contributed by atoms with Crippen molar-refractivity contribution in [3.63, 3.8) is 0 Å². The molecule has 2 aliphatic rings. The number of carbonyl (C=O) groups is 6. The number of imide groups is 1. The Kier molecular flexibility index (Phi) is 8.97. The third kappa shape index (κ3) is 7.27. The summed E-state index contributed by atoms with van der Waals surface area (Å²) < 4.78 is 5.06. The molecule has 11 heteroatoms. The average molecular weight is 431 g/mol. The first-order valence-electron chi connectivity index (χ1n) is 8.88. The predicted molar refractivity (Wildman–Crippen MR) is 99.6 cm³/mol. The Balaban J connectivity index is 1.49. The summed E-state index contributed by atoms with van der Waals surface area (Å²) in [7, 11) is 2.72. The molecule has 9 nitrogen and oxygen atoms in total. The topological polar surface area (TPSA) is 124 Å². The standard InChI is InChI=1S/C17H21NO8S2/c19-12-1-2-13(20)11(9-12)10-25-16(23)5-7-27-28-8-6-17(24)26-18-14(21)3-4-15(18)22/h11H,1-10H2. The highest BCUT2D eigenvalue weighted by Crippen LogP contribution is 2.24. The minimum atomic E-state index is -0.664. The van der Waals surface area contributed by atoms with Crippen LogP contribution in [0.3, 0.4) is 0 Å². The van der Waals surface area contributed by atoms with Gasteiger partial charge in [0.15, 0.2) is 0 Å². The molecule has 28 heavy (non-hydrogen) atoms. The van der Waals surface area contributed by atoms with Gasteiger partial charge in [-0.1, -0.05) is 21.6 Å². The van der Waals surface area contributed by atoms with Crippen LogP contribution in [0.4, 0.5) is 0 Å². The second-order valence-corrected chi connectivity index (χ2v) is 8.98. The van der Waals surface area contributed by atoms with E-state index in [2.05, 4.69) is 0 Å². The molecule has 1 heterocycles. The van der Waals surface area contributed by atoms with Gasteiger partial charge in [-0.15, -0.1) is 5.06 Å². The fraction of sp³-hybridized carbons (Fsp3) is 0.647. The Bertz CT molecular complexity index is 650. The summed E-state index contributed by atoms with van der Waals surface area (Å²) in [5.74, 6) is -1.82. The number of amides is 2. The van der Waals surface area contributed by atoms with Crippen LogP contribution in [0.15, 0.2) is 0 Å². The second-order valence-electron chi connectivity index (χ2n) is 6.28. The van der Waals surface area contributed by atoms with Gasteiger partial charge in [0.2, 0.25) is 0 Å².